The van der Waals surface area contributed by atoms with Gasteiger partial charge in [-0.2, -0.15) is 0 Å². The zero-order chi connectivity index (χ0) is 13.8. The first-order valence-electron chi connectivity index (χ1n) is 5.75. The van der Waals surface area contributed by atoms with Crippen LogP contribution in [0, 0.1) is 5.82 Å². The Balaban J connectivity index is 2.24. The van der Waals surface area contributed by atoms with Crippen molar-refractivity contribution in [3.8, 4) is 0 Å². The summed E-state index contributed by atoms with van der Waals surface area (Å²) < 4.78 is 14.1. The van der Waals surface area contributed by atoms with Crippen molar-refractivity contribution in [2.45, 2.75) is 12.5 Å². The maximum Gasteiger partial charge on any atom is 0.124 e. The van der Waals surface area contributed by atoms with Crippen LogP contribution in [-0.2, 0) is 6.42 Å². The molecule has 3 N–H and O–H groups in total. The largest absolute Gasteiger partial charge is 0.271 e. The number of hydrogen-bond donors (Lipinski definition) is 2. The normalized spacial score (nSPS) is 12.4. The lowest BCUT2D eigenvalue weighted by Crippen LogP contribution is -2.29. The van der Waals surface area contributed by atoms with Crippen molar-refractivity contribution in [3.05, 3.63) is 68.9 Å². The van der Waals surface area contributed by atoms with Crippen molar-refractivity contribution in [1.29, 1.82) is 0 Å². The Hall–Kier alpha value is -0.940. The maximum atomic E-state index is 13.4. The molecule has 0 aromatic heterocycles. The molecule has 0 fully saturated rings. The van der Waals surface area contributed by atoms with E-state index >= 15 is 0 Å². The lowest BCUT2D eigenvalue weighted by atomic mass is 9.99. The lowest BCUT2D eigenvalue weighted by molar-refractivity contribution is 0.544. The summed E-state index contributed by atoms with van der Waals surface area (Å²) in [5.74, 6) is 5.27. The lowest BCUT2D eigenvalue weighted by Gasteiger charge is -2.17. The van der Waals surface area contributed by atoms with E-state index in [0.717, 1.165) is 11.1 Å². The molecule has 0 radical (unpaired) electrons. The molecule has 2 aromatic carbocycles. The maximum absolute atomic E-state index is 13.4. The van der Waals surface area contributed by atoms with Crippen molar-refractivity contribution < 1.29 is 4.39 Å². The van der Waals surface area contributed by atoms with Gasteiger partial charge in [0.15, 0.2) is 0 Å². The van der Waals surface area contributed by atoms with E-state index in [-0.39, 0.29) is 11.9 Å². The van der Waals surface area contributed by atoms with Crippen molar-refractivity contribution >= 4 is 27.5 Å². The Morgan fingerprint density at radius 2 is 2.05 bits per heavy atom. The van der Waals surface area contributed by atoms with Crippen LogP contribution in [0.4, 0.5) is 4.39 Å². The first kappa shape index (κ1) is 14.5. The van der Waals surface area contributed by atoms with E-state index in [1.165, 1.54) is 12.1 Å². The highest BCUT2D eigenvalue weighted by molar-refractivity contribution is 9.10. The van der Waals surface area contributed by atoms with Gasteiger partial charge in [-0.05, 0) is 47.9 Å². The molecule has 1 unspecified atom stereocenters. The van der Waals surface area contributed by atoms with Gasteiger partial charge in [0.1, 0.15) is 5.82 Å². The van der Waals surface area contributed by atoms with Gasteiger partial charge in [-0.25, -0.2) is 4.39 Å². The number of halogens is 3. The molecule has 5 heteroatoms. The van der Waals surface area contributed by atoms with Crippen molar-refractivity contribution in [3.63, 3.8) is 0 Å². The van der Waals surface area contributed by atoms with Crippen LogP contribution in [0.5, 0.6) is 0 Å². The van der Waals surface area contributed by atoms with Crippen molar-refractivity contribution in [1.82, 2.24) is 5.43 Å². The summed E-state index contributed by atoms with van der Waals surface area (Å²) in [7, 11) is 0. The molecule has 0 aliphatic rings. The molecular formula is C14H13BrClFN2. The molecule has 2 nitrogen and oxygen atoms in total. The van der Waals surface area contributed by atoms with Gasteiger partial charge in [0, 0.05) is 9.50 Å². The second-order valence-corrected chi connectivity index (χ2v) is 5.61. The average Bonchev–Trinajstić information content (AvgIpc) is 2.34. The van der Waals surface area contributed by atoms with Crippen molar-refractivity contribution in [2.24, 2.45) is 5.84 Å². The van der Waals surface area contributed by atoms with E-state index in [0.29, 0.717) is 15.9 Å². The van der Waals surface area contributed by atoms with Crippen molar-refractivity contribution in [2.75, 3.05) is 0 Å². The minimum absolute atomic E-state index is 0.175. The summed E-state index contributed by atoms with van der Waals surface area (Å²) in [5.41, 5.74) is 4.53. The number of benzene rings is 2. The van der Waals surface area contributed by atoms with Gasteiger partial charge in [0.05, 0.1) is 6.04 Å². The molecule has 0 spiro atoms. The zero-order valence-corrected chi connectivity index (χ0v) is 12.4. The minimum atomic E-state index is -0.296. The van der Waals surface area contributed by atoms with Gasteiger partial charge >= 0.3 is 0 Å². The number of rotatable bonds is 4. The first-order chi connectivity index (χ1) is 9.08. The first-order valence-corrected chi connectivity index (χ1v) is 6.92. The van der Waals surface area contributed by atoms with Crippen LogP contribution in [0.2, 0.25) is 5.02 Å². The minimum Gasteiger partial charge on any atom is -0.271 e. The van der Waals surface area contributed by atoms with E-state index in [9.17, 15) is 4.39 Å². The molecule has 19 heavy (non-hydrogen) atoms. The number of hydrogen-bond acceptors (Lipinski definition) is 2. The standard InChI is InChI=1S/C14H13BrClFN2/c15-11-6-10(7-13(17)8-11)14(19-18)5-9-2-1-3-12(16)4-9/h1-4,6-8,14,19H,5,18H2. The number of nitrogens with two attached hydrogens (primary N) is 1. The van der Waals surface area contributed by atoms with Crippen LogP contribution in [0.1, 0.15) is 17.2 Å². The second kappa shape index (κ2) is 6.48. The molecular weight excluding hydrogens is 331 g/mol. The number of hydrazine groups is 1. The fourth-order valence-electron chi connectivity index (χ4n) is 1.95. The van der Waals surface area contributed by atoms with Gasteiger partial charge in [0.2, 0.25) is 0 Å². The topological polar surface area (TPSA) is 38.0 Å². The molecule has 0 saturated heterocycles. The SMILES string of the molecule is NNC(Cc1cccc(Cl)c1)c1cc(F)cc(Br)c1. The summed E-state index contributed by atoms with van der Waals surface area (Å²) in [6.45, 7) is 0. The highest BCUT2D eigenvalue weighted by atomic mass is 79.9. The third kappa shape index (κ3) is 4.01. The molecule has 0 bridgehead atoms. The van der Waals surface area contributed by atoms with Crippen LogP contribution in [0.15, 0.2) is 46.9 Å². The Kier molecular flexibility index (Phi) is 4.93. The van der Waals surface area contributed by atoms with Crippen LogP contribution >= 0.6 is 27.5 Å². The van der Waals surface area contributed by atoms with Gasteiger partial charge in [-0.1, -0.05) is 39.7 Å². The molecule has 0 saturated carbocycles. The van der Waals surface area contributed by atoms with E-state index < -0.39 is 0 Å². The van der Waals surface area contributed by atoms with E-state index in [1.807, 2.05) is 30.3 Å². The average molecular weight is 344 g/mol. The summed E-state index contributed by atoms with van der Waals surface area (Å²) in [5, 5.41) is 0.675. The Morgan fingerprint density at radius 3 is 2.68 bits per heavy atom. The molecule has 0 aliphatic heterocycles. The molecule has 1 atom stereocenters. The molecule has 0 amide bonds. The van der Waals surface area contributed by atoms with E-state index in [1.54, 1.807) is 0 Å². The van der Waals surface area contributed by atoms with E-state index in [2.05, 4.69) is 21.4 Å². The summed E-state index contributed by atoms with van der Waals surface area (Å²) in [6.07, 6.45) is 0.632. The molecule has 100 valence electrons. The van der Waals surface area contributed by atoms with Crippen LogP contribution in [-0.4, -0.2) is 0 Å². The monoisotopic (exact) mass is 342 g/mol. The Labute approximate surface area is 124 Å². The third-order valence-corrected chi connectivity index (χ3v) is 3.51. The molecule has 2 rings (SSSR count). The molecule has 0 aliphatic carbocycles. The Morgan fingerprint density at radius 1 is 1.26 bits per heavy atom. The van der Waals surface area contributed by atoms with Gasteiger partial charge in [-0.3, -0.25) is 11.3 Å². The van der Waals surface area contributed by atoms with Gasteiger partial charge in [0.25, 0.3) is 0 Å². The van der Waals surface area contributed by atoms with E-state index in [4.69, 9.17) is 17.4 Å². The zero-order valence-electron chi connectivity index (χ0n) is 10.0. The second-order valence-electron chi connectivity index (χ2n) is 4.26. The number of nitrogens with one attached hydrogen (secondary N) is 1. The van der Waals surface area contributed by atoms with Gasteiger partial charge in [-0.15, -0.1) is 0 Å². The highest BCUT2D eigenvalue weighted by Gasteiger charge is 2.12. The van der Waals surface area contributed by atoms with Crippen LogP contribution in [0.3, 0.4) is 0 Å². The summed E-state index contributed by atoms with van der Waals surface area (Å²) >= 11 is 9.23. The quantitative estimate of drug-likeness (QED) is 0.651. The van der Waals surface area contributed by atoms with Crippen LogP contribution < -0.4 is 11.3 Å². The summed E-state index contributed by atoms with van der Waals surface area (Å²) in [4.78, 5) is 0. The summed E-state index contributed by atoms with van der Waals surface area (Å²) in [6, 6.07) is 12.1. The predicted molar refractivity (Wildman–Crippen MR) is 79.3 cm³/mol. The van der Waals surface area contributed by atoms with Gasteiger partial charge < -0.3 is 0 Å². The molecule has 0 heterocycles. The highest BCUT2D eigenvalue weighted by Crippen LogP contribution is 2.23. The molecule has 2 aromatic rings. The smallest absolute Gasteiger partial charge is 0.124 e. The fraction of sp³-hybridized carbons (Fsp3) is 0.143. The van der Waals surface area contributed by atoms with Crippen LogP contribution in [0.25, 0.3) is 0 Å². The third-order valence-electron chi connectivity index (χ3n) is 2.82. The Bertz CT molecular complexity index is 557. The predicted octanol–water partition coefficient (Wildman–Crippen LogP) is 3.99. The fourth-order valence-corrected chi connectivity index (χ4v) is 2.64.